The number of piperidine rings is 1. The second kappa shape index (κ2) is 9.03. The number of amides is 1. The molecule has 8 heteroatoms. The standard InChI is InChI=1S/C25H28N6OS/c1-16-8-7-11-31(13-16)14-19-15-33-25(26-19)28-24(32)20-12-21(18-9-5-4-6-10-18)27-23-22(20)17(2)29-30(23)3/h4-6,9-10,12,15-16H,7-8,11,13-14H2,1-3H3,(H,26,28,32). The molecule has 0 radical (unpaired) electrons. The van der Waals surface area contributed by atoms with E-state index in [1.165, 1.54) is 24.2 Å². The van der Waals surface area contributed by atoms with Crippen LogP contribution in [-0.4, -0.2) is 43.6 Å². The van der Waals surface area contributed by atoms with Gasteiger partial charge >= 0.3 is 0 Å². The number of aromatic nitrogens is 4. The summed E-state index contributed by atoms with van der Waals surface area (Å²) in [5.74, 6) is 0.537. The summed E-state index contributed by atoms with van der Waals surface area (Å²) < 4.78 is 1.73. The highest BCUT2D eigenvalue weighted by Crippen LogP contribution is 2.28. The van der Waals surface area contributed by atoms with Crippen LogP contribution in [0.5, 0.6) is 0 Å². The molecule has 0 aliphatic carbocycles. The molecule has 0 bridgehead atoms. The lowest BCUT2D eigenvalue weighted by atomic mass is 10.0. The minimum atomic E-state index is -0.192. The van der Waals surface area contributed by atoms with Gasteiger partial charge in [0.25, 0.3) is 5.91 Å². The van der Waals surface area contributed by atoms with Gasteiger partial charge in [0, 0.05) is 31.1 Å². The highest BCUT2D eigenvalue weighted by molar-refractivity contribution is 7.14. The largest absolute Gasteiger partial charge is 0.298 e. The lowest BCUT2D eigenvalue weighted by Gasteiger charge is -2.30. The Morgan fingerprint density at radius 2 is 2.06 bits per heavy atom. The van der Waals surface area contributed by atoms with Gasteiger partial charge in [0.05, 0.1) is 28.0 Å². The number of benzene rings is 1. The van der Waals surface area contributed by atoms with Gasteiger partial charge in [-0.25, -0.2) is 9.97 Å². The molecule has 1 atom stereocenters. The van der Waals surface area contributed by atoms with Crippen LogP contribution >= 0.6 is 11.3 Å². The van der Waals surface area contributed by atoms with Gasteiger partial charge in [-0.15, -0.1) is 11.3 Å². The molecule has 1 unspecified atom stereocenters. The lowest BCUT2D eigenvalue weighted by Crippen LogP contribution is -2.33. The topological polar surface area (TPSA) is 75.9 Å². The van der Waals surface area contributed by atoms with E-state index in [4.69, 9.17) is 9.97 Å². The van der Waals surface area contributed by atoms with Crippen LogP contribution in [0.25, 0.3) is 22.3 Å². The van der Waals surface area contributed by atoms with E-state index in [-0.39, 0.29) is 5.91 Å². The zero-order valence-electron chi connectivity index (χ0n) is 19.2. The van der Waals surface area contributed by atoms with Crippen molar-refractivity contribution in [3.05, 3.63) is 58.7 Å². The fraction of sp³-hybridized carbons (Fsp3) is 0.360. The lowest BCUT2D eigenvalue weighted by molar-refractivity contribution is 0.102. The van der Waals surface area contributed by atoms with Gasteiger partial charge in [0.1, 0.15) is 0 Å². The van der Waals surface area contributed by atoms with Crippen LogP contribution in [-0.2, 0) is 13.6 Å². The summed E-state index contributed by atoms with van der Waals surface area (Å²) in [6, 6.07) is 11.7. The third-order valence-electron chi connectivity index (χ3n) is 6.18. The van der Waals surface area contributed by atoms with Gasteiger partial charge in [-0.1, -0.05) is 37.3 Å². The number of nitrogens with zero attached hydrogens (tertiary/aromatic N) is 5. The molecule has 7 nitrogen and oxygen atoms in total. The van der Waals surface area contributed by atoms with Crippen LogP contribution in [0.3, 0.4) is 0 Å². The molecule has 4 aromatic rings. The molecular weight excluding hydrogens is 432 g/mol. The summed E-state index contributed by atoms with van der Waals surface area (Å²) in [6.07, 6.45) is 2.54. The van der Waals surface area contributed by atoms with Gasteiger partial charge in [0.2, 0.25) is 0 Å². The van der Waals surface area contributed by atoms with Crippen LogP contribution in [0.2, 0.25) is 0 Å². The fourth-order valence-electron chi connectivity index (χ4n) is 4.64. The molecule has 1 amide bonds. The van der Waals surface area contributed by atoms with Crippen molar-refractivity contribution in [1.29, 1.82) is 0 Å². The summed E-state index contributed by atoms with van der Waals surface area (Å²) in [5, 5.41) is 11.0. The Bertz CT molecular complexity index is 1300. The number of rotatable bonds is 5. The van der Waals surface area contributed by atoms with E-state index in [1.807, 2.05) is 55.7 Å². The van der Waals surface area contributed by atoms with Crippen LogP contribution < -0.4 is 5.32 Å². The second-order valence-corrected chi connectivity index (χ2v) is 9.77. The Balaban J connectivity index is 1.42. The van der Waals surface area contributed by atoms with Crippen molar-refractivity contribution in [1.82, 2.24) is 24.6 Å². The molecule has 1 fully saturated rings. The predicted octanol–water partition coefficient (Wildman–Crippen LogP) is 4.88. The maximum atomic E-state index is 13.4. The second-order valence-electron chi connectivity index (χ2n) is 8.91. The van der Waals surface area contributed by atoms with Crippen LogP contribution in [0.1, 0.15) is 41.5 Å². The van der Waals surface area contributed by atoms with E-state index >= 15 is 0 Å². The monoisotopic (exact) mass is 460 g/mol. The van der Waals surface area contributed by atoms with Gasteiger partial charge < -0.3 is 0 Å². The molecule has 1 aromatic carbocycles. The summed E-state index contributed by atoms with van der Waals surface area (Å²) in [7, 11) is 1.85. The van der Waals surface area contributed by atoms with Crippen molar-refractivity contribution < 1.29 is 4.79 Å². The number of thiazole rings is 1. The van der Waals surface area contributed by atoms with Crippen molar-refractivity contribution in [3.63, 3.8) is 0 Å². The number of carbonyl (C=O) groups excluding carboxylic acids is 1. The average Bonchev–Trinajstić information content (AvgIpc) is 3.36. The zero-order valence-corrected chi connectivity index (χ0v) is 20.0. The van der Waals surface area contributed by atoms with Crippen molar-refractivity contribution >= 4 is 33.4 Å². The molecule has 4 heterocycles. The van der Waals surface area contributed by atoms with E-state index in [0.717, 1.165) is 53.6 Å². The third kappa shape index (κ3) is 4.54. The minimum absolute atomic E-state index is 0.192. The highest BCUT2D eigenvalue weighted by Gasteiger charge is 2.21. The molecule has 1 aliphatic rings. The normalized spacial score (nSPS) is 16.9. The number of carbonyl (C=O) groups is 1. The highest BCUT2D eigenvalue weighted by atomic mass is 32.1. The van der Waals surface area contributed by atoms with Gasteiger partial charge in [-0.05, 0) is 38.3 Å². The number of hydrogen-bond acceptors (Lipinski definition) is 6. The number of hydrogen-bond donors (Lipinski definition) is 1. The number of anilines is 1. The molecule has 1 aliphatic heterocycles. The van der Waals surface area contributed by atoms with Crippen molar-refractivity contribution in [2.45, 2.75) is 33.2 Å². The van der Waals surface area contributed by atoms with Crippen LogP contribution in [0, 0.1) is 12.8 Å². The summed E-state index contributed by atoms with van der Waals surface area (Å²) in [6.45, 7) is 7.26. The van der Waals surface area contributed by atoms with Gasteiger partial charge in [-0.3, -0.25) is 19.7 Å². The SMILES string of the molecule is Cc1nn(C)c2nc(-c3ccccc3)cc(C(=O)Nc3nc(CN4CCCC(C)C4)cs3)c12. The Kier molecular flexibility index (Phi) is 5.95. The van der Waals surface area contributed by atoms with Crippen LogP contribution in [0.4, 0.5) is 5.13 Å². The molecule has 170 valence electrons. The first-order chi connectivity index (χ1) is 16.0. The molecule has 0 saturated carbocycles. The first-order valence-corrected chi connectivity index (χ1v) is 12.2. The van der Waals surface area contributed by atoms with E-state index in [1.54, 1.807) is 4.68 Å². The van der Waals surface area contributed by atoms with E-state index < -0.39 is 0 Å². The minimum Gasteiger partial charge on any atom is -0.298 e. The van der Waals surface area contributed by atoms with Crippen molar-refractivity contribution in [2.24, 2.45) is 13.0 Å². The number of fused-ring (bicyclic) bond motifs is 1. The van der Waals surface area contributed by atoms with Crippen molar-refractivity contribution in [2.75, 3.05) is 18.4 Å². The molecule has 1 N–H and O–H groups in total. The van der Waals surface area contributed by atoms with Gasteiger partial charge in [0.15, 0.2) is 10.8 Å². The summed E-state index contributed by atoms with van der Waals surface area (Å²) in [4.78, 5) is 25.3. The Labute approximate surface area is 197 Å². The predicted molar refractivity (Wildman–Crippen MR) is 132 cm³/mol. The maximum Gasteiger partial charge on any atom is 0.258 e. The average molecular weight is 461 g/mol. The Hall–Kier alpha value is -3.10. The third-order valence-corrected chi connectivity index (χ3v) is 6.99. The first-order valence-electron chi connectivity index (χ1n) is 11.4. The molecular formula is C25H28N6OS. The Morgan fingerprint density at radius 3 is 2.85 bits per heavy atom. The molecule has 5 rings (SSSR count). The number of pyridine rings is 1. The quantitative estimate of drug-likeness (QED) is 0.459. The molecule has 33 heavy (non-hydrogen) atoms. The maximum absolute atomic E-state index is 13.4. The number of aryl methyl sites for hydroxylation is 2. The number of nitrogens with one attached hydrogen (secondary N) is 1. The van der Waals surface area contributed by atoms with E-state index in [0.29, 0.717) is 16.3 Å². The molecule has 3 aromatic heterocycles. The van der Waals surface area contributed by atoms with Crippen molar-refractivity contribution in [3.8, 4) is 11.3 Å². The molecule has 0 spiro atoms. The smallest absolute Gasteiger partial charge is 0.258 e. The fourth-order valence-corrected chi connectivity index (χ4v) is 5.34. The van der Waals surface area contributed by atoms with E-state index in [2.05, 4.69) is 22.2 Å². The first kappa shape index (κ1) is 21.7. The number of likely N-dealkylation sites (tertiary alicyclic amines) is 1. The van der Waals surface area contributed by atoms with Crippen LogP contribution in [0.15, 0.2) is 41.8 Å². The Morgan fingerprint density at radius 1 is 1.24 bits per heavy atom. The molecule has 1 saturated heterocycles. The summed E-state index contributed by atoms with van der Waals surface area (Å²) in [5.41, 5.74) is 4.75. The summed E-state index contributed by atoms with van der Waals surface area (Å²) >= 11 is 1.47. The van der Waals surface area contributed by atoms with E-state index in [9.17, 15) is 4.79 Å². The zero-order chi connectivity index (χ0) is 22.9. The van der Waals surface area contributed by atoms with Gasteiger partial charge in [-0.2, -0.15) is 5.10 Å².